The Morgan fingerprint density at radius 3 is 1.90 bits per heavy atom. The molecule has 0 saturated heterocycles. The Morgan fingerprint density at radius 1 is 0.662 bits per heavy atom. The van der Waals surface area contributed by atoms with E-state index >= 15 is 0 Å². The number of rotatable bonds is 22. The molecule has 4 aliphatic heterocycles. The van der Waals surface area contributed by atoms with Crippen LogP contribution in [0.3, 0.4) is 0 Å². The van der Waals surface area contributed by atoms with E-state index in [-0.39, 0.29) is 48.8 Å². The number of para-hydroxylation sites is 2. The highest BCUT2D eigenvalue weighted by Crippen LogP contribution is 2.44. The molecule has 4 aliphatic rings. The summed E-state index contributed by atoms with van der Waals surface area (Å²) in [5.74, 6) is 2.16. The molecule has 0 saturated carbocycles. The topological polar surface area (TPSA) is 120 Å². The van der Waals surface area contributed by atoms with Crippen LogP contribution in [0.4, 0.5) is 22.7 Å². The van der Waals surface area contributed by atoms with E-state index in [4.69, 9.17) is 28.4 Å². The zero-order valence-corrected chi connectivity index (χ0v) is 42.2. The maximum absolute atomic E-state index is 14.3. The van der Waals surface area contributed by atoms with E-state index in [0.29, 0.717) is 93.0 Å². The van der Waals surface area contributed by atoms with Gasteiger partial charge in [-0.05, 0) is 115 Å². The van der Waals surface area contributed by atoms with Gasteiger partial charge in [0.25, 0.3) is 11.8 Å². The van der Waals surface area contributed by atoms with E-state index in [1.54, 1.807) is 20.3 Å². The summed E-state index contributed by atoms with van der Waals surface area (Å²) in [6.07, 6.45) is 5.32. The SMILES string of the molecule is CCCOCCOCCN(CCCC(=O)C(C)C)c1cc(COc2cc3c(cc2OC)C(=O)N2c4ccccc4C[C@H]2CC3)cc(COc2cc3c(cc2OC)C(=O)N2c4ccccc4C[C@H]2CN3C)c1. The number of hydrogen-bond donors (Lipinski definition) is 0. The number of hydrogen-bond acceptors (Lipinski definition) is 11. The lowest BCUT2D eigenvalue weighted by atomic mass is 9.99. The second kappa shape index (κ2) is 22.2. The molecule has 0 fully saturated rings. The summed E-state index contributed by atoms with van der Waals surface area (Å²) in [4.78, 5) is 49.7. The minimum Gasteiger partial charge on any atom is -0.493 e. The molecular weight excluding hydrogens is 897 g/mol. The zero-order chi connectivity index (χ0) is 49.6. The first-order valence-electron chi connectivity index (χ1n) is 25.3. The molecule has 374 valence electrons. The number of ether oxygens (including phenoxy) is 6. The molecule has 0 radical (unpaired) electrons. The molecule has 0 spiro atoms. The molecule has 13 heteroatoms. The van der Waals surface area contributed by atoms with Gasteiger partial charge in [0.05, 0.1) is 51.3 Å². The fourth-order valence-electron chi connectivity index (χ4n) is 10.6. The predicted molar refractivity (Wildman–Crippen MR) is 277 cm³/mol. The van der Waals surface area contributed by atoms with E-state index < -0.39 is 0 Å². The molecule has 0 bridgehead atoms. The lowest BCUT2D eigenvalue weighted by Gasteiger charge is -2.27. The number of likely N-dealkylation sites (N-methyl/N-ethyl adjacent to an activating group) is 1. The van der Waals surface area contributed by atoms with Crippen LogP contribution in [-0.4, -0.2) is 97.0 Å². The van der Waals surface area contributed by atoms with Crippen LogP contribution in [0.1, 0.15) is 95.0 Å². The number of Topliss-reactive ketones (excluding diaryl/α,β-unsaturated/α-hetero) is 1. The summed E-state index contributed by atoms with van der Waals surface area (Å²) in [6.45, 7) is 10.4. The molecule has 0 unspecified atom stereocenters. The monoisotopic (exact) mass is 964 g/mol. The van der Waals surface area contributed by atoms with Crippen LogP contribution in [-0.2, 0) is 46.7 Å². The number of aryl methyl sites for hydroxylation is 1. The van der Waals surface area contributed by atoms with Crippen molar-refractivity contribution in [2.45, 2.75) is 91.0 Å². The van der Waals surface area contributed by atoms with Gasteiger partial charge in [-0.25, -0.2) is 0 Å². The summed E-state index contributed by atoms with van der Waals surface area (Å²) in [5, 5.41) is 0. The largest absolute Gasteiger partial charge is 0.493 e. The average molecular weight is 965 g/mol. The van der Waals surface area contributed by atoms with Crippen LogP contribution in [0.5, 0.6) is 23.0 Å². The quantitative estimate of drug-likeness (QED) is 0.0617. The van der Waals surface area contributed by atoms with Crippen molar-refractivity contribution in [3.8, 4) is 23.0 Å². The fourth-order valence-corrected chi connectivity index (χ4v) is 10.6. The molecule has 2 amide bonds. The third kappa shape index (κ3) is 10.7. The molecule has 0 N–H and O–H groups in total. The summed E-state index contributed by atoms with van der Waals surface area (Å²) in [7, 11) is 5.22. The normalized spacial score (nSPS) is 16.6. The summed E-state index contributed by atoms with van der Waals surface area (Å²) >= 11 is 0. The highest BCUT2D eigenvalue weighted by Gasteiger charge is 2.40. The van der Waals surface area contributed by atoms with Gasteiger partial charge in [-0.15, -0.1) is 0 Å². The number of benzene rings is 5. The van der Waals surface area contributed by atoms with E-state index in [0.717, 1.165) is 71.5 Å². The number of anilines is 4. The lowest BCUT2D eigenvalue weighted by molar-refractivity contribution is -0.121. The maximum Gasteiger partial charge on any atom is 0.260 e. The van der Waals surface area contributed by atoms with Crippen LogP contribution in [0, 0.1) is 5.92 Å². The van der Waals surface area contributed by atoms with E-state index in [9.17, 15) is 14.4 Å². The standard InChI is InChI=1S/C58H68N4O9/c1-7-22-68-24-25-69-23-21-60(20-12-17-52(63)38(2)3)45-27-39(36-70-55-31-41-18-19-44-29-42-13-8-10-15-49(42)61(44)57(64)47(41)32-53(55)66-5)26-40(28-45)37-71-56-34-51-48(33-54(56)67-6)58(65)62-46(35-59(51)4)30-43-14-9-11-16-50(43)62/h8-11,13-16,26-28,31-34,38,44,46H,7,12,17-25,29-30,35-37H2,1-6H3/t44-,46+/m1/s1. The number of nitrogens with zero attached hydrogens (tertiary/aromatic N) is 4. The van der Waals surface area contributed by atoms with Gasteiger partial charge >= 0.3 is 0 Å². The summed E-state index contributed by atoms with van der Waals surface area (Å²) < 4.78 is 36.9. The highest BCUT2D eigenvalue weighted by atomic mass is 16.5. The molecule has 4 heterocycles. The van der Waals surface area contributed by atoms with Gasteiger partial charge in [0.1, 0.15) is 19.0 Å². The second-order valence-corrected chi connectivity index (χ2v) is 19.4. The first-order valence-corrected chi connectivity index (χ1v) is 25.3. The van der Waals surface area contributed by atoms with E-state index in [1.165, 1.54) is 11.1 Å². The molecule has 71 heavy (non-hydrogen) atoms. The number of fused-ring (bicyclic) bond motifs is 8. The van der Waals surface area contributed by atoms with Crippen molar-refractivity contribution >= 4 is 40.3 Å². The number of ketones is 1. The second-order valence-electron chi connectivity index (χ2n) is 19.4. The van der Waals surface area contributed by atoms with Crippen molar-refractivity contribution in [3.63, 3.8) is 0 Å². The number of carbonyl (C=O) groups is 3. The summed E-state index contributed by atoms with van der Waals surface area (Å²) in [6, 6.07) is 30.3. The number of amides is 2. The number of carbonyl (C=O) groups excluding carboxylic acids is 3. The van der Waals surface area contributed by atoms with Gasteiger partial charge in [0.15, 0.2) is 23.0 Å². The van der Waals surface area contributed by atoms with E-state index in [1.807, 2.05) is 85.3 Å². The highest BCUT2D eigenvalue weighted by molar-refractivity contribution is 6.12. The minimum atomic E-state index is -0.0574. The van der Waals surface area contributed by atoms with Crippen molar-refractivity contribution in [2.75, 3.05) is 86.9 Å². The van der Waals surface area contributed by atoms with Crippen molar-refractivity contribution in [3.05, 3.63) is 130 Å². The van der Waals surface area contributed by atoms with Crippen LogP contribution in [0.25, 0.3) is 0 Å². The van der Waals surface area contributed by atoms with Gasteiger partial charge < -0.3 is 48.0 Å². The fraction of sp³-hybridized carbons (Fsp3) is 0.431. The molecule has 9 rings (SSSR count). The third-order valence-corrected chi connectivity index (χ3v) is 14.3. The molecular formula is C58H68N4O9. The number of methoxy groups -OCH3 is 2. The summed E-state index contributed by atoms with van der Waals surface area (Å²) in [5.41, 5.74) is 9.95. The maximum atomic E-state index is 14.3. The van der Waals surface area contributed by atoms with Gasteiger partial charge in [0.2, 0.25) is 0 Å². The van der Waals surface area contributed by atoms with Crippen molar-refractivity contribution in [2.24, 2.45) is 5.92 Å². The first kappa shape index (κ1) is 49.4. The van der Waals surface area contributed by atoms with Crippen molar-refractivity contribution in [1.82, 2.24) is 0 Å². The third-order valence-electron chi connectivity index (χ3n) is 14.3. The molecule has 5 aromatic carbocycles. The predicted octanol–water partition coefficient (Wildman–Crippen LogP) is 9.66. The van der Waals surface area contributed by atoms with Crippen molar-refractivity contribution in [1.29, 1.82) is 0 Å². The Balaban J connectivity index is 1.00. The van der Waals surface area contributed by atoms with Crippen molar-refractivity contribution < 1.29 is 42.8 Å². The smallest absolute Gasteiger partial charge is 0.260 e. The molecule has 5 aromatic rings. The Hall–Kier alpha value is -6.57. The van der Waals surface area contributed by atoms with Crippen LogP contribution < -0.4 is 38.5 Å². The van der Waals surface area contributed by atoms with Crippen LogP contribution >= 0.6 is 0 Å². The van der Waals surface area contributed by atoms with E-state index in [2.05, 4.69) is 47.1 Å². The zero-order valence-electron chi connectivity index (χ0n) is 42.2. The average Bonchev–Trinajstić information content (AvgIpc) is 3.88. The molecule has 0 aromatic heterocycles. The Labute approximate surface area is 418 Å². The molecule has 0 aliphatic carbocycles. The Bertz CT molecular complexity index is 2740. The Morgan fingerprint density at radius 2 is 1.25 bits per heavy atom. The molecule has 13 nitrogen and oxygen atoms in total. The minimum absolute atomic E-state index is 0.00593. The van der Waals surface area contributed by atoms with Gasteiger partial charge in [0, 0.05) is 80.4 Å². The van der Waals surface area contributed by atoms with Crippen LogP contribution in [0.2, 0.25) is 0 Å². The molecule has 2 atom stereocenters. The van der Waals surface area contributed by atoms with Gasteiger partial charge in [-0.2, -0.15) is 0 Å². The lowest BCUT2D eigenvalue weighted by Crippen LogP contribution is -2.41. The van der Waals surface area contributed by atoms with Crippen LogP contribution in [0.15, 0.2) is 91.0 Å². The first-order chi connectivity index (χ1) is 34.5. The van der Waals surface area contributed by atoms with Gasteiger partial charge in [-0.1, -0.05) is 57.2 Å². The Kier molecular flexibility index (Phi) is 15.5. The van der Waals surface area contributed by atoms with Gasteiger partial charge in [-0.3, -0.25) is 14.4 Å².